The van der Waals surface area contributed by atoms with Crippen LogP contribution in [0.25, 0.3) is 5.69 Å². The van der Waals surface area contributed by atoms with Crippen molar-refractivity contribution in [1.29, 1.82) is 0 Å². The largest absolute Gasteiger partial charge is 0.486 e. The van der Waals surface area contributed by atoms with E-state index in [0.29, 0.717) is 36.1 Å². The molecule has 1 amide bonds. The van der Waals surface area contributed by atoms with E-state index in [4.69, 9.17) is 9.47 Å². The molecule has 0 fully saturated rings. The van der Waals surface area contributed by atoms with Crippen LogP contribution in [-0.4, -0.2) is 54.3 Å². The number of rotatable bonds is 7. The Balaban J connectivity index is 1.33. The van der Waals surface area contributed by atoms with E-state index in [2.05, 4.69) is 25.6 Å². The van der Waals surface area contributed by atoms with Crippen molar-refractivity contribution in [1.82, 2.24) is 24.9 Å². The summed E-state index contributed by atoms with van der Waals surface area (Å²) in [5.41, 5.74) is 1.22. The number of hydrogen-bond acceptors (Lipinski definition) is 8. The van der Waals surface area contributed by atoms with Crippen molar-refractivity contribution in [3.8, 4) is 17.2 Å². The molecule has 0 aliphatic carbocycles. The second-order valence-corrected chi connectivity index (χ2v) is 8.07. The van der Waals surface area contributed by atoms with Crippen LogP contribution in [0.2, 0.25) is 0 Å². The molecular formula is C18H18N6O5S. The number of aromatic nitrogens is 4. The Morgan fingerprint density at radius 2 is 1.93 bits per heavy atom. The Labute approximate surface area is 172 Å². The van der Waals surface area contributed by atoms with Crippen LogP contribution < -0.4 is 19.5 Å². The van der Waals surface area contributed by atoms with E-state index in [-0.39, 0.29) is 23.8 Å². The zero-order chi connectivity index (χ0) is 21.0. The Morgan fingerprint density at radius 3 is 2.73 bits per heavy atom. The Kier molecular flexibility index (Phi) is 5.59. The third kappa shape index (κ3) is 4.55. The van der Waals surface area contributed by atoms with Gasteiger partial charge >= 0.3 is 0 Å². The standard InChI is InChI=1S/C18H18N6O5S/c25-18(21-13-2-1-3-14(10-13)24-12-19-22-23-24)6-7-20-30(26,27)15-4-5-16-17(11-15)29-9-8-28-16/h1-5,10-12,20H,6-9H2,(H,21,25). The lowest BCUT2D eigenvalue weighted by molar-refractivity contribution is -0.116. The smallest absolute Gasteiger partial charge is 0.240 e. The fourth-order valence-corrected chi connectivity index (χ4v) is 3.85. The Hall–Kier alpha value is -3.51. The van der Waals surface area contributed by atoms with Gasteiger partial charge in [0, 0.05) is 24.7 Å². The van der Waals surface area contributed by atoms with Crippen LogP contribution in [0.15, 0.2) is 53.7 Å². The topological polar surface area (TPSA) is 137 Å². The summed E-state index contributed by atoms with van der Waals surface area (Å²) in [4.78, 5) is 12.2. The molecule has 12 heteroatoms. The average molecular weight is 430 g/mol. The van der Waals surface area contributed by atoms with Gasteiger partial charge in [0.15, 0.2) is 11.5 Å². The van der Waals surface area contributed by atoms with Crippen molar-refractivity contribution in [2.24, 2.45) is 0 Å². The predicted octanol–water partition coefficient (Wildman–Crippen LogP) is 0.741. The van der Waals surface area contributed by atoms with Crippen molar-refractivity contribution < 1.29 is 22.7 Å². The number of carbonyl (C=O) groups excluding carboxylic acids is 1. The molecule has 0 atom stereocenters. The van der Waals surface area contributed by atoms with Crippen LogP contribution in [-0.2, 0) is 14.8 Å². The number of nitrogens with one attached hydrogen (secondary N) is 2. The van der Waals surface area contributed by atoms with E-state index in [9.17, 15) is 13.2 Å². The highest BCUT2D eigenvalue weighted by Crippen LogP contribution is 2.32. The van der Waals surface area contributed by atoms with Crippen molar-refractivity contribution in [2.45, 2.75) is 11.3 Å². The summed E-state index contributed by atoms with van der Waals surface area (Å²) in [6.45, 7) is 0.721. The highest BCUT2D eigenvalue weighted by Gasteiger charge is 2.19. The lowest BCUT2D eigenvalue weighted by Gasteiger charge is -2.18. The minimum Gasteiger partial charge on any atom is -0.486 e. The number of amides is 1. The minimum absolute atomic E-state index is 0.0428. The molecule has 3 aromatic rings. The van der Waals surface area contributed by atoms with Gasteiger partial charge in [0.05, 0.1) is 10.6 Å². The van der Waals surface area contributed by atoms with E-state index in [1.807, 2.05) is 0 Å². The maximum absolute atomic E-state index is 12.5. The summed E-state index contributed by atoms with van der Waals surface area (Å²) in [5.74, 6) is 0.543. The first-order valence-electron chi connectivity index (χ1n) is 9.04. The second-order valence-electron chi connectivity index (χ2n) is 6.31. The number of tetrazole rings is 1. The van der Waals surface area contributed by atoms with Crippen LogP contribution in [0.4, 0.5) is 5.69 Å². The van der Waals surface area contributed by atoms with Gasteiger partial charge in [0.25, 0.3) is 0 Å². The van der Waals surface area contributed by atoms with Crippen LogP contribution in [0.5, 0.6) is 11.5 Å². The number of hydrogen-bond donors (Lipinski definition) is 2. The van der Waals surface area contributed by atoms with E-state index >= 15 is 0 Å². The summed E-state index contributed by atoms with van der Waals surface area (Å²) < 4.78 is 39.6. The van der Waals surface area contributed by atoms with Gasteiger partial charge in [-0.2, -0.15) is 0 Å². The van der Waals surface area contributed by atoms with Crippen molar-refractivity contribution in [3.63, 3.8) is 0 Å². The fourth-order valence-electron chi connectivity index (χ4n) is 2.80. The number of ether oxygens (including phenoxy) is 2. The van der Waals surface area contributed by atoms with Crippen molar-refractivity contribution in [2.75, 3.05) is 25.1 Å². The van der Waals surface area contributed by atoms with Gasteiger partial charge in [-0.1, -0.05) is 6.07 Å². The van der Waals surface area contributed by atoms with Crippen molar-refractivity contribution >= 4 is 21.6 Å². The molecule has 1 aromatic heterocycles. The van der Waals surface area contributed by atoms with Crippen LogP contribution >= 0.6 is 0 Å². The molecule has 0 bridgehead atoms. The first-order valence-corrected chi connectivity index (χ1v) is 10.5. The van der Waals surface area contributed by atoms with E-state index < -0.39 is 10.0 Å². The maximum Gasteiger partial charge on any atom is 0.240 e. The molecule has 11 nitrogen and oxygen atoms in total. The second kappa shape index (κ2) is 8.47. The van der Waals surface area contributed by atoms with Gasteiger partial charge in [-0.3, -0.25) is 4.79 Å². The molecule has 0 saturated heterocycles. The summed E-state index contributed by atoms with van der Waals surface area (Å²) >= 11 is 0. The van der Waals surface area contributed by atoms with Crippen LogP contribution in [0.1, 0.15) is 6.42 Å². The zero-order valence-corrected chi connectivity index (χ0v) is 16.5. The number of nitrogens with zero attached hydrogens (tertiary/aromatic N) is 4. The molecule has 2 aromatic carbocycles. The summed E-state index contributed by atoms with van der Waals surface area (Å²) in [5, 5.41) is 13.6. The first-order chi connectivity index (χ1) is 14.5. The van der Waals surface area contributed by atoms with Gasteiger partial charge in [-0.05, 0) is 40.8 Å². The maximum atomic E-state index is 12.5. The molecule has 1 aliphatic rings. The molecule has 4 rings (SSSR count). The molecule has 2 N–H and O–H groups in total. The molecule has 30 heavy (non-hydrogen) atoms. The fraction of sp³-hybridized carbons (Fsp3) is 0.222. The molecule has 0 radical (unpaired) electrons. The summed E-state index contributed by atoms with van der Waals surface area (Å²) in [6, 6.07) is 11.3. The number of sulfonamides is 1. The normalized spacial score (nSPS) is 13.1. The highest BCUT2D eigenvalue weighted by atomic mass is 32.2. The molecule has 0 spiro atoms. The van der Waals surface area contributed by atoms with Gasteiger partial charge in [-0.15, -0.1) is 5.10 Å². The average Bonchev–Trinajstić information content (AvgIpc) is 3.28. The van der Waals surface area contributed by atoms with E-state index in [0.717, 1.165) is 0 Å². The monoisotopic (exact) mass is 430 g/mol. The lowest BCUT2D eigenvalue weighted by Crippen LogP contribution is -2.28. The third-order valence-electron chi connectivity index (χ3n) is 4.21. The molecule has 156 valence electrons. The van der Waals surface area contributed by atoms with Crippen LogP contribution in [0, 0.1) is 0 Å². The zero-order valence-electron chi connectivity index (χ0n) is 15.7. The molecule has 0 saturated carbocycles. The SMILES string of the molecule is O=C(CCNS(=O)(=O)c1ccc2c(c1)OCCO2)Nc1cccc(-n2cnnn2)c1. The molecule has 1 aliphatic heterocycles. The number of fused-ring (bicyclic) bond motifs is 1. The van der Waals surface area contributed by atoms with Gasteiger partial charge in [-0.25, -0.2) is 17.8 Å². The van der Waals surface area contributed by atoms with Crippen LogP contribution in [0.3, 0.4) is 0 Å². The Morgan fingerprint density at radius 1 is 1.10 bits per heavy atom. The van der Waals surface area contributed by atoms with E-state index in [1.54, 1.807) is 30.3 Å². The predicted molar refractivity (Wildman–Crippen MR) is 105 cm³/mol. The molecule has 0 unspecified atom stereocenters. The van der Waals surface area contributed by atoms with Gasteiger partial charge in [0.1, 0.15) is 19.5 Å². The third-order valence-corrected chi connectivity index (χ3v) is 5.67. The lowest BCUT2D eigenvalue weighted by atomic mass is 10.2. The minimum atomic E-state index is -3.79. The number of carbonyl (C=O) groups is 1. The quantitative estimate of drug-likeness (QED) is 0.560. The van der Waals surface area contributed by atoms with Gasteiger partial charge < -0.3 is 14.8 Å². The highest BCUT2D eigenvalue weighted by molar-refractivity contribution is 7.89. The molecule has 2 heterocycles. The number of benzene rings is 2. The van der Waals surface area contributed by atoms with Gasteiger partial charge in [0.2, 0.25) is 15.9 Å². The van der Waals surface area contributed by atoms with Crippen molar-refractivity contribution in [3.05, 3.63) is 48.8 Å². The summed E-state index contributed by atoms with van der Waals surface area (Å²) in [7, 11) is -3.79. The number of anilines is 1. The Bertz CT molecular complexity index is 1150. The molecular weight excluding hydrogens is 412 g/mol. The summed E-state index contributed by atoms with van der Waals surface area (Å²) in [6.07, 6.45) is 1.40. The first kappa shape index (κ1) is 19.8. The van der Waals surface area contributed by atoms with E-state index in [1.165, 1.54) is 23.1 Å².